The number of hydrogen-bond donors (Lipinski definition) is 1. The van der Waals surface area contributed by atoms with Gasteiger partial charge >= 0.3 is 0 Å². The van der Waals surface area contributed by atoms with Crippen LogP contribution in [0.5, 0.6) is 0 Å². The number of nitrogens with one attached hydrogen (secondary N) is 1. The molecule has 2 heteroatoms. The third-order valence-corrected chi connectivity index (χ3v) is 2.76. The predicted octanol–water partition coefficient (Wildman–Crippen LogP) is 2.52. The topological polar surface area (TPSA) is 29.1 Å². The lowest BCUT2D eigenvalue weighted by atomic mass is 9.81. The molecule has 0 fully saturated rings. The number of carbonyl (C=O) groups is 1. The Labute approximate surface area is 84.3 Å². The maximum Gasteiger partial charge on any atom is 0.230 e. The molecule has 1 aromatic carbocycles. The molecule has 0 aliphatic carbocycles. The molecule has 0 aromatic heterocycles. The summed E-state index contributed by atoms with van der Waals surface area (Å²) in [6.07, 6.45) is 0.829. The van der Waals surface area contributed by atoms with Gasteiger partial charge in [-0.1, -0.05) is 31.5 Å². The minimum absolute atomic E-state index is 0.119. The number of fused-ring (bicyclic) bond motifs is 1. The quantitative estimate of drug-likeness (QED) is 0.667. The van der Waals surface area contributed by atoms with Crippen LogP contribution in [0.1, 0.15) is 25.0 Å². The third kappa shape index (κ3) is 1.41. The van der Waals surface area contributed by atoms with E-state index in [1.165, 1.54) is 11.1 Å². The Morgan fingerprint density at radius 1 is 1.36 bits per heavy atom. The molecule has 0 bridgehead atoms. The predicted molar refractivity (Wildman–Crippen MR) is 57.3 cm³/mol. The van der Waals surface area contributed by atoms with Crippen LogP contribution in [0.15, 0.2) is 18.2 Å². The van der Waals surface area contributed by atoms with E-state index in [2.05, 4.69) is 18.3 Å². The van der Waals surface area contributed by atoms with E-state index in [1.54, 1.807) is 0 Å². The number of anilines is 1. The molecule has 14 heavy (non-hydrogen) atoms. The molecular weight excluding hydrogens is 174 g/mol. The fourth-order valence-electron chi connectivity index (χ4n) is 1.84. The fourth-order valence-corrected chi connectivity index (χ4v) is 1.84. The summed E-state index contributed by atoms with van der Waals surface area (Å²) in [7, 11) is 0. The van der Waals surface area contributed by atoms with Crippen molar-refractivity contribution in [1.82, 2.24) is 0 Å². The SMILES string of the molecule is Cc1ccc2c(c1)CC(C)(C)C(=O)N2. The Hall–Kier alpha value is -1.31. The van der Waals surface area contributed by atoms with E-state index in [0.29, 0.717) is 0 Å². The van der Waals surface area contributed by atoms with Gasteiger partial charge in [0.05, 0.1) is 0 Å². The van der Waals surface area contributed by atoms with Crippen molar-refractivity contribution in [3.05, 3.63) is 29.3 Å². The van der Waals surface area contributed by atoms with Crippen LogP contribution < -0.4 is 5.32 Å². The maximum absolute atomic E-state index is 11.7. The number of benzene rings is 1. The summed E-state index contributed by atoms with van der Waals surface area (Å²) in [5, 5.41) is 2.94. The fraction of sp³-hybridized carbons (Fsp3) is 0.417. The van der Waals surface area contributed by atoms with Gasteiger partial charge in [-0.25, -0.2) is 0 Å². The van der Waals surface area contributed by atoms with Crippen molar-refractivity contribution in [3.8, 4) is 0 Å². The summed E-state index contributed by atoms with van der Waals surface area (Å²) < 4.78 is 0. The van der Waals surface area contributed by atoms with Crippen molar-refractivity contribution >= 4 is 11.6 Å². The van der Waals surface area contributed by atoms with Crippen molar-refractivity contribution in [1.29, 1.82) is 0 Å². The molecule has 2 rings (SSSR count). The minimum atomic E-state index is -0.277. The molecule has 74 valence electrons. The molecule has 1 aromatic rings. The molecule has 1 N–H and O–H groups in total. The van der Waals surface area contributed by atoms with Crippen LogP contribution in [-0.2, 0) is 11.2 Å². The van der Waals surface area contributed by atoms with Gasteiger partial charge in [0.1, 0.15) is 0 Å². The van der Waals surface area contributed by atoms with Gasteiger partial charge in [-0.15, -0.1) is 0 Å². The van der Waals surface area contributed by atoms with Gasteiger partial charge in [-0.3, -0.25) is 4.79 Å². The lowest BCUT2D eigenvalue weighted by Crippen LogP contribution is -2.37. The highest BCUT2D eigenvalue weighted by Crippen LogP contribution is 2.33. The first kappa shape index (κ1) is 9.25. The van der Waals surface area contributed by atoms with Crippen LogP contribution in [0.2, 0.25) is 0 Å². The molecule has 2 nitrogen and oxygen atoms in total. The van der Waals surface area contributed by atoms with Crippen LogP contribution in [0, 0.1) is 12.3 Å². The molecule has 1 heterocycles. The largest absolute Gasteiger partial charge is 0.325 e. The Kier molecular flexibility index (Phi) is 1.88. The number of carbonyl (C=O) groups excluding carboxylic acids is 1. The van der Waals surface area contributed by atoms with E-state index < -0.39 is 0 Å². The third-order valence-electron chi connectivity index (χ3n) is 2.76. The van der Waals surface area contributed by atoms with E-state index in [-0.39, 0.29) is 11.3 Å². The molecule has 0 saturated carbocycles. The van der Waals surface area contributed by atoms with E-state index in [4.69, 9.17) is 0 Å². The highest BCUT2D eigenvalue weighted by Gasteiger charge is 2.33. The van der Waals surface area contributed by atoms with Crippen LogP contribution in [-0.4, -0.2) is 5.91 Å². The van der Waals surface area contributed by atoms with Crippen molar-refractivity contribution in [2.75, 3.05) is 5.32 Å². The standard InChI is InChI=1S/C12H15NO/c1-8-4-5-10-9(6-8)7-12(2,3)11(14)13-10/h4-6H,7H2,1-3H3,(H,13,14). The first-order valence-corrected chi connectivity index (χ1v) is 4.90. The maximum atomic E-state index is 11.7. The molecule has 0 spiro atoms. The van der Waals surface area contributed by atoms with E-state index in [1.807, 2.05) is 26.0 Å². The van der Waals surface area contributed by atoms with Gasteiger partial charge in [-0.2, -0.15) is 0 Å². The smallest absolute Gasteiger partial charge is 0.230 e. The zero-order valence-corrected chi connectivity index (χ0v) is 8.85. The van der Waals surface area contributed by atoms with Crippen molar-refractivity contribution < 1.29 is 4.79 Å². The van der Waals surface area contributed by atoms with Crippen LogP contribution in [0.25, 0.3) is 0 Å². The van der Waals surface area contributed by atoms with E-state index >= 15 is 0 Å². The lowest BCUT2D eigenvalue weighted by molar-refractivity contribution is -0.124. The molecule has 0 atom stereocenters. The van der Waals surface area contributed by atoms with Gasteiger partial charge in [0.25, 0.3) is 0 Å². The number of amides is 1. The zero-order chi connectivity index (χ0) is 10.3. The summed E-state index contributed by atoms with van der Waals surface area (Å²) >= 11 is 0. The summed E-state index contributed by atoms with van der Waals surface area (Å²) in [5.41, 5.74) is 3.19. The van der Waals surface area contributed by atoms with Gasteiger partial charge in [0, 0.05) is 11.1 Å². The Morgan fingerprint density at radius 2 is 2.07 bits per heavy atom. The first-order chi connectivity index (χ1) is 6.49. The summed E-state index contributed by atoms with van der Waals surface area (Å²) in [4.78, 5) is 11.7. The summed E-state index contributed by atoms with van der Waals surface area (Å²) in [5.74, 6) is 0.119. The highest BCUT2D eigenvalue weighted by molar-refractivity contribution is 5.97. The van der Waals surface area contributed by atoms with Crippen molar-refractivity contribution in [2.24, 2.45) is 5.41 Å². The molecule has 1 aliphatic heterocycles. The second kappa shape index (κ2) is 2.84. The van der Waals surface area contributed by atoms with Gasteiger partial charge in [0.15, 0.2) is 0 Å². The average Bonchev–Trinajstić information content (AvgIpc) is 2.07. The minimum Gasteiger partial charge on any atom is -0.325 e. The van der Waals surface area contributed by atoms with Crippen molar-refractivity contribution in [3.63, 3.8) is 0 Å². The number of rotatable bonds is 0. The monoisotopic (exact) mass is 189 g/mol. The Bertz CT molecular complexity index is 393. The van der Waals surface area contributed by atoms with Gasteiger partial charge < -0.3 is 5.32 Å². The van der Waals surface area contributed by atoms with E-state index in [0.717, 1.165) is 12.1 Å². The van der Waals surface area contributed by atoms with Crippen LogP contribution in [0.4, 0.5) is 5.69 Å². The molecular formula is C12H15NO. The van der Waals surface area contributed by atoms with Crippen LogP contribution in [0.3, 0.4) is 0 Å². The zero-order valence-electron chi connectivity index (χ0n) is 8.85. The first-order valence-electron chi connectivity index (χ1n) is 4.90. The highest BCUT2D eigenvalue weighted by atomic mass is 16.2. The number of hydrogen-bond acceptors (Lipinski definition) is 1. The molecule has 0 radical (unpaired) electrons. The normalized spacial score (nSPS) is 18.6. The second-order valence-electron chi connectivity index (χ2n) is 4.68. The average molecular weight is 189 g/mol. The van der Waals surface area contributed by atoms with Crippen LogP contribution >= 0.6 is 0 Å². The molecule has 1 aliphatic rings. The Morgan fingerprint density at radius 3 is 2.79 bits per heavy atom. The van der Waals surface area contributed by atoms with Gasteiger partial charge in [0.2, 0.25) is 5.91 Å². The molecule has 1 amide bonds. The van der Waals surface area contributed by atoms with Gasteiger partial charge in [-0.05, 0) is 25.0 Å². The second-order valence-corrected chi connectivity index (χ2v) is 4.68. The van der Waals surface area contributed by atoms with Crippen molar-refractivity contribution in [2.45, 2.75) is 27.2 Å². The van der Waals surface area contributed by atoms with E-state index in [9.17, 15) is 4.79 Å². The Balaban J connectivity index is 2.46. The summed E-state index contributed by atoms with van der Waals surface area (Å²) in [6, 6.07) is 6.16. The summed E-state index contributed by atoms with van der Waals surface area (Å²) in [6.45, 7) is 6.03. The molecule has 0 unspecified atom stereocenters. The lowest BCUT2D eigenvalue weighted by Gasteiger charge is -2.30. The number of aryl methyl sites for hydroxylation is 1. The molecule has 0 saturated heterocycles.